The second kappa shape index (κ2) is 6.95. The summed E-state index contributed by atoms with van der Waals surface area (Å²) < 4.78 is 0.941. The highest BCUT2D eigenvalue weighted by Gasteiger charge is 2.17. The molecule has 0 bridgehead atoms. The molecule has 0 saturated carbocycles. The van der Waals surface area contributed by atoms with Gasteiger partial charge in [0, 0.05) is 21.8 Å². The summed E-state index contributed by atoms with van der Waals surface area (Å²) in [6, 6.07) is 7.19. The maximum atomic E-state index is 12.1. The Morgan fingerprint density at radius 2 is 1.83 bits per heavy atom. The third-order valence-electron chi connectivity index (χ3n) is 2.71. The van der Waals surface area contributed by atoms with Gasteiger partial charge in [-0.1, -0.05) is 36.0 Å². The van der Waals surface area contributed by atoms with Crippen LogP contribution in [0.4, 0.5) is 21.9 Å². The lowest BCUT2D eigenvalue weighted by Gasteiger charge is -2.17. The fourth-order valence-corrected chi connectivity index (χ4v) is 2.38. The maximum absolute atomic E-state index is 12.1. The number of phenolic OH excluding ortho intramolecular Hbond substituents is 1. The Hall–Kier alpha value is -2.16. The van der Waals surface area contributed by atoms with E-state index in [2.05, 4.69) is 18.1 Å². The van der Waals surface area contributed by atoms with E-state index in [-0.39, 0.29) is 5.69 Å². The van der Waals surface area contributed by atoms with Crippen molar-refractivity contribution in [2.75, 3.05) is 9.62 Å². The molecule has 0 atom stereocenters. The summed E-state index contributed by atoms with van der Waals surface area (Å²) >= 11 is 15.8. The van der Waals surface area contributed by atoms with E-state index in [0.717, 1.165) is 16.4 Å². The second-order valence-corrected chi connectivity index (χ2v) is 5.60. The predicted octanol–water partition coefficient (Wildman–Crippen LogP) is 4.49. The molecule has 0 radical (unpaired) electrons. The summed E-state index contributed by atoms with van der Waals surface area (Å²) in [5.74, 6) is -0.502. The normalized spacial score (nSPS) is 10.2. The van der Waals surface area contributed by atoms with E-state index >= 15 is 0 Å². The number of carbonyl (C=O) groups excluding carboxylic acids is 1. The van der Waals surface area contributed by atoms with Crippen molar-refractivity contribution in [3.8, 4) is 5.75 Å². The number of anilines is 2. The molecule has 2 aromatic carbocycles. The van der Waals surface area contributed by atoms with Gasteiger partial charge >= 0.3 is 11.7 Å². The summed E-state index contributed by atoms with van der Waals surface area (Å²) in [5, 5.41) is 23.2. The lowest BCUT2D eigenvalue weighted by Crippen LogP contribution is -2.26. The van der Waals surface area contributed by atoms with Crippen LogP contribution in [0.15, 0.2) is 36.4 Å². The number of nitrogens with zero attached hydrogens (tertiary/aromatic N) is 2. The van der Waals surface area contributed by atoms with Crippen molar-refractivity contribution in [1.82, 2.24) is 0 Å². The zero-order valence-electron chi connectivity index (χ0n) is 11.2. The molecule has 0 saturated heterocycles. The molecular weight excluding hydrogens is 365 g/mol. The molecule has 2 amide bonds. The molecule has 120 valence electrons. The van der Waals surface area contributed by atoms with Gasteiger partial charge in [0.25, 0.3) is 0 Å². The van der Waals surface area contributed by atoms with Gasteiger partial charge in [0.1, 0.15) is 0 Å². The van der Waals surface area contributed by atoms with Crippen LogP contribution < -0.4 is 9.62 Å². The molecule has 2 aromatic rings. The molecule has 2 N–H and O–H groups in total. The third-order valence-corrected chi connectivity index (χ3v) is 3.56. The zero-order valence-corrected chi connectivity index (χ0v) is 13.6. The quantitative estimate of drug-likeness (QED) is 0.319. The number of phenols is 1. The highest BCUT2D eigenvalue weighted by molar-refractivity contribution is 7.82. The average Bonchev–Trinajstić information content (AvgIpc) is 2.47. The van der Waals surface area contributed by atoms with Crippen molar-refractivity contribution < 1.29 is 14.8 Å². The average molecular weight is 374 g/mol. The number of nitrogens with one attached hydrogen (secondary N) is 1. The molecule has 0 aromatic heterocycles. The number of rotatable bonds is 3. The molecule has 0 aliphatic heterocycles. The molecule has 0 aliphatic carbocycles. The van der Waals surface area contributed by atoms with Gasteiger partial charge in [0.05, 0.1) is 10.6 Å². The first-order chi connectivity index (χ1) is 10.8. The molecule has 0 fully saturated rings. The Morgan fingerprint density at radius 1 is 1.22 bits per heavy atom. The first-order valence-corrected chi connectivity index (χ1v) is 7.17. The number of nitro benzene ring substituents is 1. The van der Waals surface area contributed by atoms with Gasteiger partial charge < -0.3 is 10.4 Å². The van der Waals surface area contributed by atoms with E-state index in [9.17, 15) is 20.0 Å². The van der Waals surface area contributed by atoms with Gasteiger partial charge in [-0.05, 0) is 30.3 Å². The first-order valence-electron chi connectivity index (χ1n) is 6.01. The van der Waals surface area contributed by atoms with Crippen LogP contribution in [-0.2, 0) is 0 Å². The van der Waals surface area contributed by atoms with Crippen molar-refractivity contribution in [3.63, 3.8) is 0 Å². The molecule has 23 heavy (non-hydrogen) atoms. The smallest absolute Gasteiger partial charge is 0.336 e. The predicted molar refractivity (Wildman–Crippen MR) is 91.7 cm³/mol. The SMILES string of the molecule is O=C(Nc1ccc(O)c([N+](=O)[O-])c1)N(S)c1cc(Cl)cc(Cl)c1. The fraction of sp³-hybridized carbons (Fsp3) is 0. The minimum Gasteiger partial charge on any atom is -0.502 e. The lowest BCUT2D eigenvalue weighted by molar-refractivity contribution is -0.385. The van der Waals surface area contributed by atoms with Crippen molar-refractivity contribution in [1.29, 1.82) is 0 Å². The standard InChI is InChI=1S/C13H9Cl2N3O4S/c14-7-3-8(15)5-10(4-7)17(23)13(20)16-9-1-2-12(19)11(6-9)18(21)22/h1-6,19,23H,(H,16,20). The van der Waals surface area contributed by atoms with Gasteiger partial charge in [0.15, 0.2) is 5.75 Å². The number of halogens is 2. The molecule has 0 unspecified atom stereocenters. The van der Waals surface area contributed by atoms with E-state index in [1.807, 2.05) is 0 Å². The van der Waals surface area contributed by atoms with Crippen LogP contribution in [0.2, 0.25) is 10.0 Å². The Kier molecular flexibility index (Phi) is 5.19. The molecule has 0 heterocycles. The fourth-order valence-electron chi connectivity index (χ4n) is 1.70. The van der Waals surface area contributed by atoms with Crippen molar-refractivity contribution >= 4 is 59.1 Å². The maximum Gasteiger partial charge on any atom is 0.336 e. The Bertz CT molecular complexity index is 768. The van der Waals surface area contributed by atoms with E-state index in [1.165, 1.54) is 24.3 Å². The highest BCUT2D eigenvalue weighted by atomic mass is 35.5. The first kappa shape index (κ1) is 17.2. The van der Waals surface area contributed by atoms with E-state index in [1.54, 1.807) is 0 Å². The van der Waals surface area contributed by atoms with Crippen LogP contribution in [0.3, 0.4) is 0 Å². The third kappa shape index (κ3) is 4.19. The molecule has 2 rings (SSSR count). The number of benzene rings is 2. The van der Waals surface area contributed by atoms with Crippen molar-refractivity contribution in [2.24, 2.45) is 0 Å². The Balaban J connectivity index is 2.21. The number of thiol groups is 1. The second-order valence-electron chi connectivity index (χ2n) is 4.33. The summed E-state index contributed by atoms with van der Waals surface area (Å²) in [5.41, 5.74) is -0.0948. The van der Waals surface area contributed by atoms with Crippen LogP contribution in [0, 0.1) is 10.1 Å². The number of hydrogen-bond acceptors (Lipinski definition) is 5. The van der Waals surface area contributed by atoms with Crippen LogP contribution in [0.1, 0.15) is 0 Å². The van der Waals surface area contributed by atoms with Gasteiger partial charge in [-0.15, -0.1) is 0 Å². The monoisotopic (exact) mass is 373 g/mol. The van der Waals surface area contributed by atoms with Crippen LogP contribution in [-0.4, -0.2) is 16.1 Å². The van der Waals surface area contributed by atoms with Crippen LogP contribution in [0.5, 0.6) is 5.75 Å². The Morgan fingerprint density at radius 3 is 2.39 bits per heavy atom. The molecule has 0 spiro atoms. The summed E-state index contributed by atoms with van der Waals surface area (Å²) in [6.45, 7) is 0. The summed E-state index contributed by atoms with van der Waals surface area (Å²) in [6.07, 6.45) is 0. The van der Waals surface area contributed by atoms with Gasteiger partial charge in [-0.2, -0.15) is 0 Å². The topological polar surface area (TPSA) is 95.7 Å². The van der Waals surface area contributed by atoms with Gasteiger partial charge in [-0.3, -0.25) is 10.1 Å². The molecular formula is C13H9Cl2N3O4S. The van der Waals surface area contributed by atoms with Crippen molar-refractivity contribution in [2.45, 2.75) is 0 Å². The number of urea groups is 1. The number of amides is 2. The largest absolute Gasteiger partial charge is 0.502 e. The van der Waals surface area contributed by atoms with E-state index in [0.29, 0.717) is 15.7 Å². The minimum atomic E-state index is -0.764. The summed E-state index contributed by atoms with van der Waals surface area (Å²) in [4.78, 5) is 22.1. The molecule has 0 aliphatic rings. The number of carbonyl (C=O) groups is 1. The van der Waals surface area contributed by atoms with Crippen LogP contribution >= 0.6 is 36.0 Å². The minimum absolute atomic E-state index is 0.117. The number of hydrogen-bond donors (Lipinski definition) is 3. The lowest BCUT2D eigenvalue weighted by atomic mass is 10.2. The zero-order chi connectivity index (χ0) is 17.1. The number of aromatic hydroxyl groups is 1. The van der Waals surface area contributed by atoms with Gasteiger partial charge in [0.2, 0.25) is 0 Å². The van der Waals surface area contributed by atoms with E-state index < -0.39 is 22.4 Å². The van der Waals surface area contributed by atoms with Gasteiger partial charge in [-0.25, -0.2) is 9.10 Å². The molecule has 10 heteroatoms. The van der Waals surface area contributed by atoms with E-state index in [4.69, 9.17) is 23.2 Å². The number of nitro groups is 1. The van der Waals surface area contributed by atoms with Crippen LogP contribution in [0.25, 0.3) is 0 Å². The highest BCUT2D eigenvalue weighted by Crippen LogP contribution is 2.30. The molecule has 7 nitrogen and oxygen atoms in total. The van der Waals surface area contributed by atoms with Crippen molar-refractivity contribution in [3.05, 3.63) is 56.6 Å². The Labute approximate surface area is 146 Å². The summed E-state index contributed by atoms with van der Waals surface area (Å²) in [7, 11) is 0.